The van der Waals surface area contributed by atoms with Gasteiger partial charge in [0.2, 0.25) is 5.75 Å². The maximum Gasteiger partial charge on any atom is 1.00 e. The summed E-state index contributed by atoms with van der Waals surface area (Å²) in [6.07, 6.45) is 0. The maximum absolute atomic E-state index is 10.8. The van der Waals surface area contributed by atoms with Gasteiger partial charge in [-0.1, -0.05) is 0 Å². The predicted octanol–water partition coefficient (Wildman–Crippen LogP) is -2.92. The van der Waals surface area contributed by atoms with Crippen LogP contribution < -0.4 is 70.7 Å². The molecule has 16 heavy (non-hydrogen) atoms. The van der Waals surface area contributed by atoms with Crippen LogP contribution in [0.3, 0.4) is 0 Å². The van der Waals surface area contributed by atoms with E-state index in [1.807, 2.05) is 0 Å². The van der Waals surface area contributed by atoms with Gasteiger partial charge < -0.3 is 24.1 Å². The molecule has 0 unspecified atom stereocenters. The van der Waals surface area contributed by atoms with Crippen molar-refractivity contribution in [3.8, 4) is 17.2 Å². The van der Waals surface area contributed by atoms with E-state index in [1.165, 1.54) is 33.5 Å². The Morgan fingerprint density at radius 3 is 2.00 bits per heavy atom. The summed E-state index contributed by atoms with van der Waals surface area (Å²) in [5, 5.41) is 10.8. The van der Waals surface area contributed by atoms with Crippen molar-refractivity contribution in [2.24, 2.45) is 0 Å². The van der Waals surface area contributed by atoms with Gasteiger partial charge in [0.1, 0.15) is 0 Å². The Labute approximate surface area is 136 Å². The molecule has 0 aromatic heterocycles. The Bertz CT molecular complexity index is 378. The molecule has 0 radical (unpaired) electrons. The van der Waals surface area contributed by atoms with E-state index in [1.54, 1.807) is 0 Å². The number of carboxylic acid groups (broad SMARTS) is 1. The van der Waals surface area contributed by atoms with Crippen molar-refractivity contribution in [2.45, 2.75) is 0 Å². The third-order valence-electron chi connectivity index (χ3n) is 1.92. The molecule has 0 bridgehead atoms. The van der Waals surface area contributed by atoms with Crippen LogP contribution in [0, 0.1) is 0 Å². The number of methoxy groups -OCH3 is 3. The molecule has 0 aliphatic rings. The zero-order valence-corrected chi connectivity index (χ0v) is 12.8. The van der Waals surface area contributed by atoms with Crippen molar-refractivity contribution in [1.82, 2.24) is 0 Å². The zero-order chi connectivity index (χ0) is 11.4. The maximum atomic E-state index is 10.8. The summed E-state index contributed by atoms with van der Waals surface area (Å²) in [5.41, 5.74) is -0.0739. The average molecular weight is 250 g/mol. The monoisotopic (exact) mass is 250 g/mol. The van der Waals surface area contributed by atoms with Gasteiger partial charge in [-0.3, -0.25) is 0 Å². The van der Waals surface area contributed by atoms with Gasteiger partial charge in [-0.05, 0) is 12.1 Å². The van der Waals surface area contributed by atoms with Crippen molar-refractivity contribution < 1.29 is 75.5 Å². The summed E-state index contributed by atoms with van der Waals surface area (Å²) in [6, 6.07) is 2.82. The van der Waals surface area contributed by atoms with Gasteiger partial charge in [-0.2, -0.15) is 0 Å². The van der Waals surface area contributed by atoms with Gasteiger partial charge in [0, 0.05) is 5.56 Å². The second-order valence-electron chi connectivity index (χ2n) is 2.67. The summed E-state index contributed by atoms with van der Waals surface area (Å²) < 4.78 is 14.9. The van der Waals surface area contributed by atoms with E-state index < -0.39 is 5.97 Å². The Hall–Kier alpha value is -0.274. The van der Waals surface area contributed by atoms with Gasteiger partial charge in [-0.15, -0.1) is 0 Å². The second kappa shape index (κ2) is 7.13. The van der Waals surface area contributed by atoms with Crippen LogP contribution in [0.15, 0.2) is 12.1 Å². The van der Waals surface area contributed by atoms with Gasteiger partial charge in [0.05, 0.1) is 27.3 Å². The van der Waals surface area contributed by atoms with Gasteiger partial charge >= 0.3 is 51.4 Å². The number of carbonyl (C=O) groups is 1. The third kappa shape index (κ3) is 3.11. The van der Waals surface area contributed by atoms with Gasteiger partial charge in [-0.25, -0.2) is 0 Å². The predicted molar refractivity (Wildman–Crippen MR) is 50.4 cm³/mol. The standard InChI is InChI=1S/C10H12O5.K/c1-13-7-5-4-6(10(11)12)8(14-2)9(7)15-3;/h4-5H,1-3H3,(H,11,12);/q;+1/p-1. The second-order valence-corrected chi connectivity index (χ2v) is 2.67. The molecular formula is C10H11KO5. The zero-order valence-electron chi connectivity index (χ0n) is 9.70. The first kappa shape index (κ1) is 15.7. The summed E-state index contributed by atoms with van der Waals surface area (Å²) in [6.45, 7) is 0. The first-order valence-corrected chi connectivity index (χ1v) is 4.16. The normalized spacial score (nSPS) is 8.94. The summed E-state index contributed by atoms with van der Waals surface area (Å²) in [5.74, 6) is -0.592. The van der Waals surface area contributed by atoms with E-state index in [-0.39, 0.29) is 68.4 Å². The summed E-state index contributed by atoms with van der Waals surface area (Å²) >= 11 is 0. The fourth-order valence-corrected chi connectivity index (χ4v) is 1.26. The molecule has 0 atom stereocenters. The van der Waals surface area contributed by atoms with Crippen LogP contribution in [0.2, 0.25) is 0 Å². The molecule has 0 amide bonds. The van der Waals surface area contributed by atoms with Gasteiger partial charge in [0.25, 0.3) is 0 Å². The average Bonchev–Trinajstić information content (AvgIpc) is 2.26. The Morgan fingerprint density at radius 1 is 1.06 bits per heavy atom. The number of hydrogen-bond donors (Lipinski definition) is 0. The number of carbonyl (C=O) groups excluding carboxylic acids is 1. The minimum absolute atomic E-state index is 0. The molecule has 0 fully saturated rings. The molecule has 6 heteroatoms. The Morgan fingerprint density at radius 2 is 1.62 bits per heavy atom. The van der Waals surface area contributed by atoms with Crippen LogP contribution in [-0.2, 0) is 0 Å². The first-order valence-electron chi connectivity index (χ1n) is 4.16. The molecule has 0 saturated carbocycles. The molecule has 1 rings (SSSR count). The number of carboxylic acids is 1. The largest absolute Gasteiger partial charge is 1.00 e. The minimum Gasteiger partial charge on any atom is -0.545 e. The van der Waals surface area contributed by atoms with Crippen LogP contribution in [0.5, 0.6) is 17.2 Å². The molecule has 0 saturated heterocycles. The Kier molecular flexibility index (Phi) is 7.01. The number of aromatic carboxylic acids is 1. The molecule has 0 aliphatic carbocycles. The van der Waals surface area contributed by atoms with E-state index in [0.29, 0.717) is 5.75 Å². The molecule has 82 valence electrons. The minimum atomic E-state index is -1.33. The molecule has 0 N–H and O–H groups in total. The SMILES string of the molecule is COc1ccc(C(=O)[O-])c(OC)c1OC.[K+]. The van der Waals surface area contributed by atoms with E-state index >= 15 is 0 Å². The van der Waals surface area contributed by atoms with E-state index in [0.717, 1.165) is 0 Å². The first-order chi connectivity index (χ1) is 7.15. The van der Waals surface area contributed by atoms with Crippen LogP contribution in [0.1, 0.15) is 10.4 Å². The third-order valence-corrected chi connectivity index (χ3v) is 1.92. The molecule has 5 nitrogen and oxygen atoms in total. The molecule has 0 spiro atoms. The Balaban J connectivity index is 0.00000225. The smallest absolute Gasteiger partial charge is 0.545 e. The van der Waals surface area contributed by atoms with Crippen molar-refractivity contribution in [2.75, 3.05) is 21.3 Å². The van der Waals surface area contributed by atoms with Crippen molar-refractivity contribution in [3.63, 3.8) is 0 Å². The fraction of sp³-hybridized carbons (Fsp3) is 0.300. The fourth-order valence-electron chi connectivity index (χ4n) is 1.26. The molecule has 1 aromatic carbocycles. The summed E-state index contributed by atoms with van der Waals surface area (Å²) in [4.78, 5) is 10.8. The van der Waals surface area contributed by atoms with Gasteiger partial charge in [0.15, 0.2) is 11.5 Å². The molecule has 1 aromatic rings. The van der Waals surface area contributed by atoms with Crippen LogP contribution in [-0.4, -0.2) is 27.3 Å². The number of rotatable bonds is 4. The topological polar surface area (TPSA) is 67.8 Å². The van der Waals surface area contributed by atoms with Crippen molar-refractivity contribution in [3.05, 3.63) is 17.7 Å². The van der Waals surface area contributed by atoms with E-state index in [9.17, 15) is 9.90 Å². The quantitative estimate of drug-likeness (QED) is 0.536. The number of ether oxygens (including phenoxy) is 3. The molecule has 0 heterocycles. The van der Waals surface area contributed by atoms with Crippen LogP contribution in [0.4, 0.5) is 0 Å². The van der Waals surface area contributed by atoms with Crippen LogP contribution >= 0.6 is 0 Å². The van der Waals surface area contributed by atoms with E-state index in [2.05, 4.69) is 0 Å². The van der Waals surface area contributed by atoms with Crippen LogP contribution in [0.25, 0.3) is 0 Å². The van der Waals surface area contributed by atoms with Crippen molar-refractivity contribution >= 4 is 5.97 Å². The summed E-state index contributed by atoms with van der Waals surface area (Å²) in [7, 11) is 4.21. The molecular weight excluding hydrogens is 239 g/mol. The van der Waals surface area contributed by atoms with E-state index in [4.69, 9.17) is 14.2 Å². The molecule has 0 aliphatic heterocycles. The number of hydrogen-bond acceptors (Lipinski definition) is 5. The number of benzene rings is 1. The van der Waals surface area contributed by atoms with Crippen molar-refractivity contribution in [1.29, 1.82) is 0 Å².